The highest BCUT2D eigenvalue weighted by atomic mass is 32.1. The SMILES string of the molecule is Cc1nc(NC(=O)C2CCCC2)sc1-c1cccnc1. The van der Waals surface area contributed by atoms with Gasteiger partial charge in [0, 0.05) is 23.9 Å². The number of rotatable bonds is 3. The number of pyridine rings is 1. The number of anilines is 1. The van der Waals surface area contributed by atoms with Crippen LogP contribution in [-0.4, -0.2) is 15.9 Å². The smallest absolute Gasteiger partial charge is 0.229 e. The van der Waals surface area contributed by atoms with Crippen LogP contribution in [0.1, 0.15) is 31.4 Å². The van der Waals surface area contributed by atoms with Gasteiger partial charge < -0.3 is 5.32 Å². The van der Waals surface area contributed by atoms with Crippen LogP contribution < -0.4 is 5.32 Å². The number of carbonyl (C=O) groups excluding carboxylic acids is 1. The Morgan fingerprint density at radius 3 is 2.90 bits per heavy atom. The molecule has 20 heavy (non-hydrogen) atoms. The summed E-state index contributed by atoms with van der Waals surface area (Å²) in [7, 11) is 0. The summed E-state index contributed by atoms with van der Waals surface area (Å²) < 4.78 is 0. The van der Waals surface area contributed by atoms with Crippen molar-refractivity contribution < 1.29 is 4.79 Å². The van der Waals surface area contributed by atoms with Gasteiger partial charge >= 0.3 is 0 Å². The van der Waals surface area contributed by atoms with Crippen molar-refractivity contribution in [3.8, 4) is 10.4 Å². The molecule has 0 radical (unpaired) electrons. The molecule has 0 unspecified atom stereocenters. The van der Waals surface area contributed by atoms with Gasteiger partial charge in [0.25, 0.3) is 0 Å². The van der Waals surface area contributed by atoms with Crippen molar-refractivity contribution in [1.29, 1.82) is 0 Å². The van der Waals surface area contributed by atoms with E-state index in [0.717, 1.165) is 41.8 Å². The molecule has 1 aliphatic rings. The normalized spacial score (nSPS) is 15.4. The lowest BCUT2D eigenvalue weighted by molar-refractivity contribution is -0.119. The third kappa shape index (κ3) is 2.72. The Kier molecular flexibility index (Phi) is 3.78. The Hall–Kier alpha value is -1.75. The first-order chi connectivity index (χ1) is 9.74. The van der Waals surface area contributed by atoms with Crippen LogP contribution >= 0.6 is 11.3 Å². The van der Waals surface area contributed by atoms with Crippen molar-refractivity contribution in [2.45, 2.75) is 32.6 Å². The number of nitrogens with one attached hydrogen (secondary N) is 1. The maximum Gasteiger partial charge on any atom is 0.229 e. The van der Waals surface area contributed by atoms with E-state index in [9.17, 15) is 4.79 Å². The molecule has 5 heteroatoms. The topological polar surface area (TPSA) is 54.9 Å². The average Bonchev–Trinajstić information content (AvgIpc) is 3.09. The van der Waals surface area contributed by atoms with Crippen LogP contribution in [0.25, 0.3) is 10.4 Å². The molecule has 1 N–H and O–H groups in total. The van der Waals surface area contributed by atoms with E-state index < -0.39 is 0 Å². The van der Waals surface area contributed by atoms with Crippen molar-refractivity contribution in [3.63, 3.8) is 0 Å². The van der Waals surface area contributed by atoms with Crippen molar-refractivity contribution in [2.75, 3.05) is 5.32 Å². The molecule has 2 aromatic rings. The predicted octanol–water partition coefficient (Wildman–Crippen LogP) is 3.64. The minimum atomic E-state index is 0.119. The van der Waals surface area contributed by atoms with Gasteiger partial charge in [-0.25, -0.2) is 4.98 Å². The number of thiazole rings is 1. The van der Waals surface area contributed by atoms with Gasteiger partial charge in [-0.05, 0) is 25.8 Å². The molecule has 0 atom stereocenters. The van der Waals surface area contributed by atoms with E-state index in [2.05, 4.69) is 15.3 Å². The summed E-state index contributed by atoms with van der Waals surface area (Å²) in [5.41, 5.74) is 1.98. The second-order valence-electron chi connectivity index (χ2n) is 5.15. The van der Waals surface area contributed by atoms with Crippen molar-refractivity contribution >= 4 is 22.4 Å². The quantitative estimate of drug-likeness (QED) is 0.937. The van der Waals surface area contributed by atoms with Crippen LogP contribution in [0, 0.1) is 12.8 Å². The highest BCUT2D eigenvalue weighted by Gasteiger charge is 2.23. The van der Waals surface area contributed by atoms with Crippen LogP contribution in [0.3, 0.4) is 0 Å². The van der Waals surface area contributed by atoms with Crippen molar-refractivity contribution in [1.82, 2.24) is 9.97 Å². The number of aryl methyl sites for hydroxylation is 1. The van der Waals surface area contributed by atoms with Gasteiger partial charge in [0.1, 0.15) is 0 Å². The Morgan fingerprint density at radius 2 is 2.20 bits per heavy atom. The summed E-state index contributed by atoms with van der Waals surface area (Å²) in [4.78, 5) is 21.8. The van der Waals surface area contributed by atoms with E-state index in [1.807, 2.05) is 25.3 Å². The van der Waals surface area contributed by atoms with E-state index in [1.54, 1.807) is 6.20 Å². The lowest BCUT2D eigenvalue weighted by atomic mass is 10.1. The summed E-state index contributed by atoms with van der Waals surface area (Å²) in [6.45, 7) is 1.96. The predicted molar refractivity (Wildman–Crippen MR) is 80.7 cm³/mol. The Balaban J connectivity index is 1.77. The number of amides is 1. The van der Waals surface area contributed by atoms with Gasteiger partial charge in [-0.1, -0.05) is 30.2 Å². The third-order valence-corrected chi connectivity index (χ3v) is 4.80. The number of carbonyl (C=O) groups is 1. The zero-order chi connectivity index (χ0) is 13.9. The fourth-order valence-electron chi connectivity index (χ4n) is 2.61. The zero-order valence-electron chi connectivity index (χ0n) is 11.4. The van der Waals surface area contributed by atoms with Gasteiger partial charge in [-0.3, -0.25) is 9.78 Å². The highest BCUT2D eigenvalue weighted by molar-refractivity contribution is 7.19. The fourth-order valence-corrected chi connectivity index (χ4v) is 3.57. The Bertz CT molecular complexity index is 603. The molecule has 1 saturated carbocycles. The monoisotopic (exact) mass is 287 g/mol. The number of hydrogen-bond donors (Lipinski definition) is 1. The summed E-state index contributed by atoms with van der Waals surface area (Å²) in [6.07, 6.45) is 7.91. The first kappa shape index (κ1) is 13.2. The standard InChI is InChI=1S/C15H17N3OS/c1-10-13(12-7-4-8-16-9-12)20-15(17-10)18-14(19)11-5-2-3-6-11/h4,7-9,11H,2-3,5-6H2,1H3,(H,17,18,19). The first-order valence-corrected chi connectivity index (χ1v) is 7.74. The van der Waals surface area contributed by atoms with Crippen LogP contribution in [0.5, 0.6) is 0 Å². The highest BCUT2D eigenvalue weighted by Crippen LogP contribution is 2.33. The third-order valence-electron chi connectivity index (χ3n) is 3.68. The lowest BCUT2D eigenvalue weighted by Crippen LogP contribution is -2.20. The minimum absolute atomic E-state index is 0.119. The van der Waals surface area contributed by atoms with Gasteiger partial charge in [-0.2, -0.15) is 0 Å². The van der Waals surface area contributed by atoms with E-state index in [4.69, 9.17) is 0 Å². The molecule has 3 rings (SSSR count). The molecule has 0 saturated heterocycles. The second kappa shape index (κ2) is 5.71. The molecule has 0 aliphatic heterocycles. The maximum absolute atomic E-state index is 12.1. The Labute approximate surface area is 122 Å². The van der Waals surface area contributed by atoms with Crippen LogP contribution in [0.2, 0.25) is 0 Å². The molecule has 4 nitrogen and oxygen atoms in total. The summed E-state index contributed by atoms with van der Waals surface area (Å²) in [5.74, 6) is 0.287. The zero-order valence-corrected chi connectivity index (χ0v) is 12.2. The average molecular weight is 287 g/mol. The lowest BCUT2D eigenvalue weighted by Gasteiger charge is -2.07. The molecule has 2 aromatic heterocycles. The molecule has 2 heterocycles. The largest absolute Gasteiger partial charge is 0.302 e. The molecule has 0 aromatic carbocycles. The van der Waals surface area contributed by atoms with Gasteiger partial charge in [0.2, 0.25) is 5.91 Å². The maximum atomic E-state index is 12.1. The molecule has 1 fully saturated rings. The number of nitrogens with zero attached hydrogens (tertiary/aromatic N) is 2. The van der Waals surface area contributed by atoms with E-state index >= 15 is 0 Å². The van der Waals surface area contributed by atoms with E-state index in [0.29, 0.717) is 5.13 Å². The molecule has 1 aliphatic carbocycles. The fraction of sp³-hybridized carbons (Fsp3) is 0.400. The molecular weight excluding hydrogens is 270 g/mol. The minimum Gasteiger partial charge on any atom is -0.302 e. The Morgan fingerprint density at radius 1 is 1.40 bits per heavy atom. The molecular formula is C15H17N3OS. The molecule has 0 spiro atoms. The first-order valence-electron chi connectivity index (χ1n) is 6.93. The summed E-state index contributed by atoms with van der Waals surface area (Å²) in [5, 5.41) is 3.66. The van der Waals surface area contributed by atoms with Gasteiger partial charge in [0.05, 0.1) is 10.6 Å². The molecule has 1 amide bonds. The van der Waals surface area contributed by atoms with Gasteiger partial charge in [0.15, 0.2) is 5.13 Å². The number of hydrogen-bond acceptors (Lipinski definition) is 4. The van der Waals surface area contributed by atoms with Crippen LogP contribution in [0.4, 0.5) is 5.13 Å². The van der Waals surface area contributed by atoms with Crippen LogP contribution in [-0.2, 0) is 4.79 Å². The van der Waals surface area contributed by atoms with Crippen molar-refractivity contribution in [2.24, 2.45) is 5.92 Å². The molecule has 0 bridgehead atoms. The molecule has 104 valence electrons. The van der Waals surface area contributed by atoms with Crippen molar-refractivity contribution in [3.05, 3.63) is 30.2 Å². The van der Waals surface area contributed by atoms with E-state index in [1.165, 1.54) is 11.3 Å². The number of aromatic nitrogens is 2. The summed E-state index contributed by atoms with van der Waals surface area (Å²) in [6, 6.07) is 3.92. The van der Waals surface area contributed by atoms with E-state index in [-0.39, 0.29) is 11.8 Å². The van der Waals surface area contributed by atoms with Gasteiger partial charge in [-0.15, -0.1) is 0 Å². The van der Waals surface area contributed by atoms with Crippen LogP contribution in [0.15, 0.2) is 24.5 Å². The summed E-state index contributed by atoms with van der Waals surface area (Å²) >= 11 is 1.52. The second-order valence-corrected chi connectivity index (χ2v) is 6.14.